The zero-order chi connectivity index (χ0) is 40.2. The molecular formula is C48H60O8. The van der Waals surface area contributed by atoms with Crippen molar-refractivity contribution in [2.45, 2.75) is 118 Å². The fourth-order valence-corrected chi connectivity index (χ4v) is 6.13. The van der Waals surface area contributed by atoms with Crippen molar-refractivity contribution in [1.82, 2.24) is 0 Å². The van der Waals surface area contributed by atoms with Crippen LogP contribution in [0.5, 0.6) is 11.5 Å². The molecule has 0 atom stereocenters. The van der Waals surface area contributed by atoms with Gasteiger partial charge in [-0.3, -0.25) is 14.4 Å². The average Bonchev–Trinajstić information content (AvgIpc) is 3.21. The van der Waals surface area contributed by atoms with Gasteiger partial charge in [0.25, 0.3) is 0 Å². The number of hydrogen-bond donors (Lipinski definition) is 0. The Labute approximate surface area is 333 Å². The van der Waals surface area contributed by atoms with E-state index in [-0.39, 0.29) is 24.1 Å². The predicted octanol–water partition coefficient (Wildman–Crippen LogP) is 11.4. The van der Waals surface area contributed by atoms with Crippen molar-refractivity contribution in [2.24, 2.45) is 5.41 Å². The van der Waals surface area contributed by atoms with Crippen molar-refractivity contribution in [3.05, 3.63) is 107 Å². The van der Waals surface area contributed by atoms with E-state index in [1.165, 1.54) is 25.7 Å². The van der Waals surface area contributed by atoms with Gasteiger partial charge in [0.05, 0.1) is 37.2 Å². The highest BCUT2D eigenvalue weighted by Crippen LogP contribution is 2.24. The molecule has 4 aromatic carbocycles. The Morgan fingerprint density at radius 3 is 1.68 bits per heavy atom. The van der Waals surface area contributed by atoms with E-state index in [1.807, 2.05) is 63.2 Å². The number of ether oxygens (including phenoxy) is 4. The minimum atomic E-state index is -0.408. The van der Waals surface area contributed by atoms with E-state index in [4.69, 9.17) is 18.9 Å². The van der Waals surface area contributed by atoms with Gasteiger partial charge in [0.15, 0.2) is 5.78 Å². The lowest BCUT2D eigenvalue weighted by molar-refractivity contribution is -0.154. The quantitative estimate of drug-likeness (QED) is 0.0284. The van der Waals surface area contributed by atoms with Crippen LogP contribution in [-0.2, 0) is 25.5 Å². The van der Waals surface area contributed by atoms with E-state index in [2.05, 4.69) is 6.92 Å². The van der Waals surface area contributed by atoms with E-state index < -0.39 is 11.4 Å². The SMILES string of the molecule is CCCCCCCCOC(=O)c1ccc2cc(C(=O)c3ccc(OC(=O)Cc4ccc(OCCCCCCCCOC(=O)C(C)(C)CC)cc4)cc3)ccc2c1. The van der Waals surface area contributed by atoms with Gasteiger partial charge in [-0.2, -0.15) is 0 Å². The molecular weight excluding hydrogens is 705 g/mol. The molecule has 0 saturated carbocycles. The monoisotopic (exact) mass is 764 g/mol. The smallest absolute Gasteiger partial charge is 0.338 e. The van der Waals surface area contributed by atoms with Crippen molar-refractivity contribution >= 4 is 34.5 Å². The molecule has 4 rings (SSSR count). The number of unbranched alkanes of at least 4 members (excludes halogenated alkanes) is 10. The lowest BCUT2D eigenvalue weighted by Crippen LogP contribution is -2.26. The normalized spacial score (nSPS) is 11.3. The standard InChI is InChI=1S/C48H60O8/c1-5-7-8-9-12-16-31-54-46(51)41-23-21-38-34-40(22-20-39(38)35-41)45(50)37-24-28-43(29-25-37)56-44(49)33-36-18-26-42(27-19-36)53-30-15-13-10-11-14-17-32-55-47(52)48(3,4)6-2/h18-29,34-35H,5-17,30-33H2,1-4H3. The molecule has 0 amide bonds. The molecule has 8 nitrogen and oxygen atoms in total. The summed E-state index contributed by atoms with van der Waals surface area (Å²) in [5.41, 5.74) is 1.89. The number of carbonyl (C=O) groups is 4. The minimum Gasteiger partial charge on any atom is -0.494 e. The Morgan fingerprint density at radius 2 is 1.05 bits per heavy atom. The minimum absolute atomic E-state index is 0.103. The summed E-state index contributed by atoms with van der Waals surface area (Å²) in [6, 6.07) is 24.8. The first kappa shape index (κ1) is 43.7. The molecule has 0 aromatic heterocycles. The third-order valence-corrected chi connectivity index (χ3v) is 10.2. The second-order valence-electron chi connectivity index (χ2n) is 15.2. The van der Waals surface area contributed by atoms with Gasteiger partial charge >= 0.3 is 17.9 Å². The van der Waals surface area contributed by atoms with Gasteiger partial charge in [0.1, 0.15) is 11.5 Å². The molecule has 0 bridgehead atoms. The number of ketones is 1. The average molecular weight is 765 g/mol. The second-order valence-corrected chi connectivity index (χ2v) is 15.2. The molecule has 0 aliphatic heterocycles. The first-order valence-electron chi connectivity index (χ1n) is 20.5. The highest BCUT2D eigenvalue weighted by Gasteiger charge is 2.26. The molecule has 8 heteroatoms. The van der Waals surface area contributed by atoms with Crippen LogP contribution in [0.15, 0.2) is 84.9 Å². The van der Waals surface area contributed by atoms with Crippen molar-refractivity contribution in [2.75, 3.05) is 19.8 Å². The Morgan fingerprint density at radius 1 is 0.536 bits per heavy atom. The molecule has 0 aliphatic carbocycles. The molecule has 0 unspecified atom stereocenters. The predicted molar refractivity (Wildman–Crippen MR) is 221 cm³/mol. The van der Waals surface area contributed by atoms with Crippen LogP contribution in [0.3, 0.4) is 0 Å². The van der Waals surface area contributed by atoms with E-state index >= 15 is 0 Å². The van der Waals surface area contributed by atoms with Crippen molar-refractivity contribution in [3.8, 4) is 11.5 Å². The van der Waals surface area contributed by atoms with Crippen molar-refractivity contribution < 1.29 is 38.1 Å². The van der Waals surface area contributed by atoms with Gasteiger partial charge in [-0.15, -0.1) is 0 Å². The summed E-state index contributed by atoms with van der Waals surface area (Å²) < 4.78 is 22.3. The van der Waals surface area contributed by atoms with Gasteiger partial charge < -0.3 is 18.9 Å². The molecule has 300 valence electrons. The second kappa shape index (κ2) is 23.2. The van der Waals surface area contributed by atoms with Crippen molar-refractivity contribution in [1.29, 1.82) is 0 Å². The lowest BCUT2D eigenvalue weighted by atomic mass is 9.91. The summed E-state index contributed by atoms with van der Waals surface area (Å²) in [7, 11) is 0. The zero-order valence-electron chi connectivity index (χ0n) is 33.9. The summed E-state index contributed by atoms with van der Waals surface area (Å²) in [4.78, 5) is 50.6. The van der Waals surface area contributed by atoms with Crippen LogP contribution in [0, 0.1) is 5.41 Å². The van der Waals surface area contributed by atoms with Gasteiger partial charge in [-0.05, 0) is 110 Å². The largest absolute Gasteiger partial charge is 0.494 e. The topological polar surface area (TPSA) is 105 Å². The Kier molecular flexibility index (Phi) is 18.1. The highest BCUT2D eigenvalue weighted by atomic mass is 16.5. The Balaban J connectivity index is 1.13. The Bertz CT molecular complexity index is 1840. The molecule has 0 aliphatic rings. The van der Waals surface area contributed by atoms with Crippen LogP contribution >= 0.6 is 0 Å². The van der Waals surface area contributed by atoms with Gasteiger partial charge in [-0.1, -0.05) is 102 Å². The summed E-state index contributed by atoms with van der Waals surface area (Å²) in [5, 5.41) is 1.70. The van der Waals surface area contributed by atoms with Crippen LogP contribution in [0.2, 0.25) is 0 Å². The number of benzene rings is 4. The first-order chi connectivity index (χ1) is 27.1. The Hall–Kier alpha value is -4.98. The summed E-state index contributed by atoms with van der Waals surface area (Å²) in [5.74, 6) is 0.116. The summed E-state index contributed by atoms with van der Waals surface area (Å²) >= 11 is 0. The third kappa shape index (κ3) is 14.6. The molecule has 0 N–H and O–H groups in total. The van der Waals surface area contributed by atoms with Crippen molar-refractivity contribution in [3.63, 3.8) is 0 Å². The van der Waals surface area contributed by atoms with Crippen LogP contribution in [0.4, 0.5) is 0 Å². The molecule has 0 heterocycles. The van der Waals surface area contributed by atoms with E-state index in [0.29, 0.717) is 42.3 Å². The molecule has 0 fully saturated rings. The number of hydrogen-bond acceptors (Lipinski definition) is 8. The number of rotatable bonds is 25. The van der Waals surface area contributed by atoms with E-state index in [1.54, 1.807) is 42.5 Å². The fourth-order valence-electron chi connectivity index (χ4n) is 6.13. The van der Waals surface area contributed by atoms with Gasteiger partial charge in [0, 0.05) is 11.1 Å². The molecule has 4 aromatic rings. The van der Waals surface area contributed by atoms with Crippen LogP contribution in [0.1, 0.15) is 143 Å². The zero-order valence-corrected chi connectivity index (χ0v) is 33.9. The molecule has 0 saturated heterocycles. The van der Waals surface area contributed by atoms with Crippen LogP contribution < -0.4 is 9.47 Å². The van der Waals surface area contributed by atoms with Crippen LogP contribution in [-0.4, -0.2) is 43.5 Å². The molecule has 0 spiro atoms. The first-order valence-corrected chi connectivity index (χ1v) is 20.5. The number of esters is 3. The van der Waals surface area contributed by atoms with E-state index in [0.717, 1.165) is 79.9 Å². The number of carbonyl (C=O) groups excluding carboxylic acids is 4. The summed E-state index contributed by atoms with van der Waals surface area (Å²) in [6.45, 7) is 9.57. The van der Waals surface area contributed by atoms with E-state index in [9.17, 15) is 19.2 Å². The lowest BCUT2D eigenvalue weighted by Gasteiger charge is -2.20. The summed E-state index contributed by atoms with van der Waals surface area (Å²) in [6.07, 6.45) is 13.8. The maximum absolute atomic E-state index is 13.3. The maximum Gasteiger partial charge on any atom is 0.338 e. The maximum atomic E-state index is 13.3. The van der Waals surface area contributed by atoms with Crippen LogP contribution in [0.25, 0.3) is 10.8 Å². The molecule has 56 heavy (non-hydrogen) atoms. The van der Waals surface area contributed by atoms with Gasteiger partial charge in [0.2, 0.25) is 0 Å². The third-order valence-electron chi connectivity index (χ3n) is 10.2. The number of fused-ring (bicyclic) bond motifs is 1. The van der Waals surface area contributed by atoms with Gasteiger partial charge in [-0.25, -0.2) is 4.79 Å². The highest BCUT2D eigenvalue weighted by molar-refractivity contribution is 6.11. The molecule has 0 radical (unpaired) electrons. The fraction of sp³-hybridized carbons (Fsp3) is 0.458.